The Balaban J connectivity index is 2.09. The van der Waals surface area contributed by atoms with Crippen molar-refractivity contribution in [2.45, 2.75) is 38.1 Å². The van der Waals surface area contributed by atoms with Crippen molar-refractivity contribution in [2.75, 3.05) is 12.9 Å². The molecular weight excluding hydrogens is 434 g/mol. The van der Waals surface area contributed by atoms with Gasteiger partial charge in [-0.2, -0.15) is 0 Å². The Hall–Kier alpha value is -3.14. The van der Waals surface area contributed by atoms with Crippen molar-refractivity contribution in [3.8, 4) is 5.75 Å². The number of hydrogen-bond donors (Lipinski definition) is 2. The second-order valence-corrected chi connectivity index (χ2v) is 10.3. The number of rotatable bonds is 7. The second-order valence-electron chi connectivity index (χ2n) is 8.27. The van der Waals surface area contributed by atoms with Crippen LogP contribution in [0.1, 0.15) is 26.0 Å². The fourth-order valence-corrected chi connectivity index (χ4v) is 4.77. The SMILES string of the molecule is Cc1nccc2c1c(=O)n(C)c1cc(OCC(C)CC(C)NC(=O)O)c(S(C)(=O)=O)cc21. The van der Waals surface area contributed by atoms with Crippen molar-refractivity contribution in [3.63, 3.8) is 0 Å². The smallest absolute Gasteiger partial charge is 0.404 e. The maximum Gasteiger partial charge on any atom is 0.404 e. The Morgan fingerprint density at radius 3 is 2.59 bits per heavy atom. The molecule has 0 saturated heterocycles. The Labute approximate surface area is 185 Å². The number of fused-ring (bicyclic) bond motifs is 3. The van der Waals surface area contributed by atoms with Crippen molar-refractivity contribution in [2.24, 2.45) is 13.0 Å². The molecule has 3 aromatic rings. The number of aromatic nitrogens is 2. The highest BCUT2D eigenvalue weighted by molar-refractivity contribution is 7.90. The average Bonchev–Trinajstić information content (AvgIpc) is 2.68. The van der Waals surface area contributed by atoms with Crippen LogP contribution in [0, 0.1) is 12.8 Å². The molecule has 0 spiro atoms. The molecule has 2 heterocycles. The molecule has 1 aromatic carbocycles. The van der Waals surface area contributed by atoms with E-state index in [9.17, 15) is 18.0 Å². The van der Waals surface area contributed by atoms with E-state index < -0.39 is 15.9 Å². The molecule has 2 N–H and O–H groups in total. The van der Waals surface area contributed by atoms with E-state index in [0.717, 1.165) is 6.26 Å². The zero-order valence-corrected chi connectivity index (χ0v) is 19.5. The summed E-state index contributed by atoms with van der Waals surface area (Å²) in [6.07, 6.45) is 2.12. The van der Waals surface area contributed by atoms with Crippen molar-refractivity contribution in [1.82, 2.24) is 14.9 Å². The fourth-order valence-electron chi connectivity index (χ4n) is 3.96. The van der Waals surface area contributed by atoms with Crippen LogP contribution < -0.4 is 15.6 Å². The molecule has 3 rings (SSSR count). The van der Waals surface area contributed by atoms with Crippen molar-refractivity contribution >= 4 is 37.6 Å². The molecular formula is C22H27N3O6S. The molecule has 2 aromatic heterocycles. The highest BCUT2D eigenvalue weighted by Crippen LogP contribution is 2.33. The number of sulfone groups is 1. The van der Waals surface area contributed by atoms with Crippen LogP contribution in [0.3, 0.4) is 0 Å². The zero-order valence-electron chi connectivity index (χ0n) is 18.7. The van der Waals surface area contributed by atoms with E-state index in [2.05, 4.69) is 10.3 Å². The predicted molar refractivity (Wildman–Crippen MR) is 122 cm³/mol. The summed E-state index contributed by atoms with van der Waals surface area (Å²) in [6, 6.07) is 4.55. The molecule has 10 heteroatoms. The topological polar surface area (TPSA) is 128 Å². The lowest BCUT2D eigenvalue weighted by atomic mass is 10.0. The summed E-state index contributed by atoms with van der Waals surface area (Å²) in [5, 5.41) is 12.9. The number of amides is 1. The molecule has 2 unspecified atom stereocenters. The van der Waals surface area contributed by atoms with Gasteiger partial charge >= 0.3 is 6.09 Å². The normalized spacial score (nSPS) is 13.8. The van der Waals surface area contributed by atoms with Crippen LogP contribution in [0.25, 0.3) is 21.7 Å². The molecule has 0 fully saturated rings. The molecule has 9 nitrogen and oxygen atoms in total. The minimum Gasteiger partial charge on any atom is -0.492 e. The lowest BCUT2D eigenvalue weighted by molar-refractivity contribution is 0.185. The molecule has 1 amide bonds. The number of nitrogens with one attached hydrogen (secondary N) is 1. The molecule has 0 aliphatic heterocycles. The zero-order chi connectivity index (χ0) is 23.8. The van der Waals surface area contributed by atoms with Gasteiger partial charge in [-0.1, -0.05) is 6.92 Å². The first-order valence-corrected chi connectivity index (χ1v) is 12.0. The monoisotopic (exact) mass is 461 g/mol. The van der Waals surface area contributed by atoms with Gasteiger partial charge in [-0.25, -0.2) is 13.2 Å². The van der Waals surface area contributed by atoms with Crippen LogP contribution in [-0.4, -0.2) is 48.1 Å². The maximum absolute atomic E-state index is 12.9. The predicted octanol–water partition coefficient (Wildman–Crippen LogP) is 2.86. The molecule has 0 aliphatic rings. The first-order valence-electron chi connectivity index (χ1n) is 10.1. The average molecular weight is 462 g/mol. The Kier molecular flexibility index (Phi) is 6.45. The number of nitrogens with zero attached hydrogens (tertiary/aromatic N) is 2. The van der Waals surface area contributed by atoms with Gasteiger partial charge in [0.15, 0.2) is 9.84 Å². The van der Waals surface area contributed by atoms with E-state index in [4.69, 9.17) is 9.84 Å². The highest BCUT2D eigenvalue weighted by Gasteiger charge is 2.21. The Morgan fingerprint density at radius 2 is 1.97 bits per heavy atom. The third-order valence-electron chi connectivity index (χ3n) is 5.42. The van der Waals surface area contributed by atoms with E-state index in [1.54, 1.807) is 45.3 Å². The molecule has 0 radical (unpaired) electrons. The molecule has 172 valence electrons. The molecule has 0 saturated carbocycles. The summed E-state index contributed by atoms with van der Waals surface area (Å²) in [4.78, 5) is 28.0. The standard InChI is InChI=1S/C22H27N3O6S/c1-12(8-13(2)24-22(27)28)11-31-18-10-17-16(9-19(18)32(5,29)30)15-6-7-23-14(3)20(15)21(26)25(17)4/h6-7,9-10,12-13,24H,8,11H2,1-5H3,(H,27,28). The van der Waals surface area contributed by atoms with Gasteiger partial charge in [-0.3, -0.25) is 9.78 Å². The number of pyridine rings is 2. The number of aryl methyl sites for hydroxylation is 2. The quantitative estimate of drug-likeness (QED) is 0.518. The van der Waals surface area contributed by atoms with Crippen molar-refractivity contribution < 1.29 is 23.1 Å². The van der Waals surface area contributed by atoms with Crippen LogP contribution in [-0.2, 0) is 16.9 Å². The van der Waals surface area contributed by atoms with E-state index in [1.165, 1.54) is 4.57 Å². The van der Waals surface area contributed by atoms with Crippen LogP contribution in [0.5, 0.6) is 5.75 Å². The Morgan fingerprint density at radius 1 is 1.28 bits per heavy atom. The van der Waals surface area contributed by atoms with Gasteiger partial charge in [-0.15, -0.1) is 0 Å². The molecule has 32 heavy (non-hydrogen) atoms. The highest BCUT2D eigenvalue weighted by atomic mass is 32.2. The van der Waals surface area contributed by atoms with Crippen molar-refractivity contribution in [3.05, 3.63) is 40.4 Å². The molecule has 0 bridgehead atoms. The van der Waals surface area contributed by atoms with Gasteiger partial charge < -0.3 is 19.7 Å². The van der Waals surface area contributed by atoms with Gasteiger partial charge in [0.1, 0.15) is 10.6 Å². The lowest BCUT2D eigenvalue weighted by Gasteiger charge is -2.20. The summed E-state index contributed by atoms with van der Waals surface area (Å²) in [7, 11) is -2.00. The summed E-state index contributed by atoms with van der Waals surface area (Å²) in [5.41, 5.74) is 0.895. The van der Waals surface area contributed by atoms with Gasteiger partial charge in [0.2, 0.25) is 0 Å². The third kappa shape index (κ3) is 4.69. The number of benzene rings is 1. The first kappa shape index (κ1) is 23.5. The van der Waals surface area contributed by atoms with Crippen LogP contribution >= 0.6 is 0 Å². The van der Waals surface area contributed by atoms with Crippen LogP contribution in [0.4, 0.5) is 4.79 Å². The Bertz CT molecular complexity index is 1360. The van der Waals surface area contributed by atoms with Gasteiger partial charge in [-0.05, 0) is 43.7 Å². The van der Waals surface area contributed by atoms with E-state index in [-0.39, 0.29) is 34.8 Å². The van der Waals surface area contributed by atoms with Crippen molar-refractivity contribution in [1.29, 1.82) is 0 Å². The number of ether oxygens (including phenoxy) is 1. The van der Waals surface area contributed by atoms with E-state index in [0.29, 0.717) is 33.8 Å². The maximum atomic E-state index is 12.9. The van der Waals surface area contributed by atoms with Crippen LogP contribution in [0.2, 0.25) is 0 Å². The number of carboxylic acid groups (broad SMARTS) is 1. The second kappa shape index (κ2) is 8.78. The largest absolute Gasteiger partial charge is 0.492 e. The minimum atomic E-state index is -3.63. The first-order chi connectivity index (χ1) is 14.9. The van der Waals surface area contributed by atoms with Crippen LogP contribution in [0.15, 0.2) is 34.1 Å². The lowest BCUT2D eigenvalue weighted by Crippen LogP contribution is -2.33. The van der Waals surface area contributed by atoms with Gasteiger partial charge in [0.25, 0.3) is 5.56 Å². The summed E-state index contributed by atoms with van der Waals surface area (Å²) in [5.74, 6) is 0.111. The van der Waals surface area contributed by atoms with E-state index >= 15 is 0 Å². The molecule has 2 atom stereocenters. The molecule has 0 aliphatic carbocycles. The summed E-state index contributed by atoms with van der Waals surface area (Å²) >= 11 is 0. The number of carbonyl (C=O) groups is 1. The minimum absolute atomic E-state index is 0.0309. The van der Waals surface area contributed by atoms with E-state index in [1.807, 2.05) is 6.92 Å². The summed E-state index contributed by atoms with van der Waals surface area (Å²) in [6.45, 7) is 5.57. The summed E-state index contributed by atoms with van der Waals surface area (Å²) < 4.78 is 32.5. The third-order valence-corrected chi connectivity index (χ3v) is 6.54. The van der Waals surface area contributed by atoms with Gasteiger partial charge in [0.05, 0.1) is 23.2 Å². The van der Waals surface area contributed by atoms with Gasteiger partial charge in [0, 0.05) is 37.0 Å². The number of hydrogen-bond acceptors (Lipinski definition) is 6. The fraction of sp³-hybridized carbons (Fsp3) is 0.409.